The van der Waals surface area contributed by atoms with Crippen LogP contribution in [0.1, 0.15) is 27.7 Å². The highest BCUT2D eigenvalue weighted by Crippen LogP contribution is 2.60. The van der Waals surface area contributed by atoms with Crippen molar-refractivity contribution < 1.29 is 35.1 Å². The Bertz CT molecular complexity index is 252. The third-order valence-corrected chi connectivity index (χ3v) is 2.99. The first-order chi connectivity index (χ1) is 7.00. The number of hydrogen-bond donors (Lipinski definition) is 0. The van der Waals surface area contributed by atoms with Crippen molar-refractivity contribution in [3.63, 3.8) is 0 Å². The van der Waals surface area contributed by atoms with Crippen LogP contribution < -0.4 is 0 Å². The molecule has 0 bridgehead atoms. The van der Waals surface area contributed by atoms with E-state index in [1.54, 1.807) is 0 Å². The first kappa shape index (κ1) is 16.4. The van der Waals surface area contributed by atoms with Gasteiger partial charge in [0.15, 0.2) is 0 Å². The summed E-state index contributed by atoms with van der Waals surface area (Å²) in [5.74, 6) is -4.99. The summed E-state index contributed by atoms with van der Waals surface area (Å²) in [7, 11) is 0. The molecule has 0 unspecified atom stereocenters. The van der Waals surface area contributed by atoms with Gasteiger partial charge in [0.1, 0.15) is 10.8 Å². The van der Waals surface area contributed by atoms with E-state index in [1.807, 2.05) is 0 Å². The lowest BCUT2D eigenvalue weighted by atomic mass is 9.70. The van der Waals surface area contributed by atoms with Gasteiger partial charge in [0.25, 0.3) is 5.92 Å². The van der Waals surface area contributed by atoms with Gasteiger partial charge in [-0.05, 0) is 27.7 Å². The van der Waals surface area contributed by atoms with E-state index in [-0.39, 0.29) is 27.7 Å². The molecule has 0 aromatic rings. The molecule has 0 aliphatic carbocycles. The van der Waals surface area contributed by atoms with Crippen LogP contribution >= 0.6 is 0 Å². The van der Waals surface area contributed by atoms with Crippen LogP contribution in [-0.4, -0.2) is 18.3 Å². The Hall–Kier alpha value is -0.560. The topological polar surface area (TPSA) is 0 Å². The minimum absolute atomic E-state index is 0.0560. The Labute approximate surface area is 93.0 Å². The molecule has 0 saturated heterocycles. The molecule has 0 saturated carbocycles. The number of alkyl halides is 8. The normalized spacial score (nSPS) is 16.2. The molecule has 0 N–H and O–H groups in total. The lowest BCUT2D eigenvalue weighted by molar-refractivity contribution is -0.361. The maximum absolute atomic E-state index is 13.5. The molecule has 0 spiro atoms. The predicted molar refractivity (Wildman–Crippen MR) is 44.6 cm³/mol. The van der Waals surface area contributed by atoms with Crippen LogP contribution in [0.25, 0.3) is 0 Å². The Morgan fingerprint density at radius 3 is 0.765 bits per heavy atom. The highest BCUT2D eigenvalue weighted by atomic mass is 19.4. The van der Waals surface area contributed by atoms with Crippen LogP contribution in [0, 0.1) is 10.8 Å². The zero-order chi connectivity index (χ0) is 14.5. The standard InChI is InChI=1S/C9H12F8/c1-5(2,8(12,13)14)7(10,11)6(3,4)9(15,16)17/h1-4H3. The molecule has 0 aromatic heterocycles. The summed E-state index contributed by atoms with van der Waals surface area (Å²) in [4.78, 5) is 0. The van der Waals surface area contributed by atoms with Crippen molar-refractivity contribution in [2.75, 3.05) is 0 Å². The van der Waals surface area contributed by atoms with Gasteiger partial charge in [0.05, 0.1) is 0 Å². The molecule has 0 aromatic carbocycles. The number of rotatable bonds is 2. The molecule has 0 atom stereocenters. The van der Waals surface area contributed by atoms with E-state index in [1.165, 1.54) is 0 Å². The molecular formula is C9H12F8. The molecule has 0 amide bonds. The van der Waals surface area contributed by atoms with Gasteiger partial charge < -0.3 is 0 Å². The Morgan fingerprint density at radius 2 is 0.647 bits per heavy atom. The maximum Gasteiger partial charge on any atom is 0.399 e. The first-order valence-electron chi connectivity index (χ1n) is 4.51. The second-order valence-corrected chi connectivity index (χ2v) is 4.82. The van der Waals surface area contributed by atoms with Gasteiger partial charge in [-0.25, -0.2) is 8.78 Å². The summed E-state index contributed by atoms with van der Waals surface area (Å²) in [6.45, 7) is 0.224. The van der Waals surface area contributed by atoms with Crippen LogP contribution in [0.3, 0.4) is 0 Å². The Morgan fingerprint density at radius 1 is 0.471 bits per heavy atom. The van der Waals surface area contributed by atoms with Gasteiger partial charge in [-0.2, -0.15) is 26.3 Å². The van der Waals surface area contributed by atoms with Crippen molar-refractivity contribution in [2.45, 2.75) is 46.0 Å². The average molecular weight is 272 g/mol. The zero-order valence-corrected chi connectivity index (χ0v) is 9.52. The summed E-state index contributed by atoms with van der Waals surface area (Å²) < 4.78 is 101. The number of halogens is 8. The van der Waals surface area contributed by atoms with Crippen molar-refractivity contribution in [3.8, 4) is 0 Å². The molecule has 0 aliphatic rings. The summed E-state index contributed by atoms with van der Waals surface area (Å²) in [6, 6.07) is 0. The summed E-state index contributed by atoms with van der Waals surface area (Å²) in [6.07, 6.45) is -10.9. The van der Waals surface area contributed by atoms with Gasteiger partial charge in [0, 0.05) is 0 Å². The SMILES string of the molecule is CC(C)(C(F)(F)F)C(F)(F)C(C)(C)C(F)(F)F. The van der Waals surface area contributed by atoms with Gasteiger partial charge in [0.2, 0.25) is 0 Å². The van der Waals surface area contributed by atoms with Crippen molar-refractivity contribution in [2.24, 2.45) is 10.8 Å². The molecule has 8 heteroatoms. The third kappa shape index (κ3) is 2.22. The van der Waals surface area contributed by atoms with Crippen molar-refractivity contribution in [1.29, 1.82) is 0 Å². The highest BCUT2D eigenvalue weighted by molar-refractivity contribution is 5.02. The molecule has 0 heterocycles. The van der Waals surface area contributed by atoms with Gasteiger partial charge >= 0.3 is 12.4 Å². The zero-order valence-electron chi connectivity index (χ0n) is 9.52. The van der Waals surface area contributed by atoms with E-state index < -0.39 is 29.1 Å². The van der Waals surface area contributed by atoms with Crippen molar-refractivity contribution in [3.05, 3.63) is 0 Å². The van der Waals surface area contributed by atoms with Crippen LogP contribution in [-0.2, 0) is 0 Å². The largest absolute Gasteiger partial charge is 0.399 e. The third-order valence-electron chi connectivity index (χ3n) is 2.99. The Kier molecular flexibility index (Phi) is 3.59. The fraction of sp³-hybridized carbons (Fsp3) is 1.00. The van der Waals surface area contributed by atoms with E-state index in [2.05, 4.69) is 0 Å². The molecule has 0 nitrogen and oxygen atoms in total. The molecule has 104 valence electrons. The smallest absolute Gasteiger partial charge is 0.205 e. The molecular weight excluding hydrogens is 260 g/mol. The fourth-order valence-electron chi connectivity index (χ4n) is 1.14. The lowest BCUT2D eigenvalue weighted by Crippen LogP contribution is -2.60. The first-order valence-corrected chi connectivity index (χ1v) is 4.51. The highest BCUT2D eigenvalue weighted by Gasteiger charge is 2.74. The minimum Gasteiger partial charge on any atom is -0.205 e. The molecule has 0 rings (SSSR count). The van der Waals surface area contributed by atoms with Crippen molar-refractivity contribution in [1.82, 2.24) is 0 Å². The average Bonchev–Trinajstić information content (AvgIpc) is 1.98. The van der Waals surface area contributed by atoms with E-state index in [0.717, 1.165) is 0 Å². The fourth-order valence-corrected chi connectivity index (χ4v) is 1.14. The second-order valence-electron chi connectivity index (χ2n) is 4.82. The second kappa shape index (κ2) is 3.71. The van der Waals surface area contributed by atoms with E-state index >= 15 is 0 Å². The predicted octanol–water partition coefficient (Wildman–Crippen LogP) is 4.80. The van der Waals surface area contributed by atoms with Crippen LogP contribution in [0.2, 0.25) is 0 Å². The molecule has 0 fully saturated rings. The minimum atomic E-state index is -5.45. The monoisotopic (exact) mass is 272 g/mol. The van der Waals surface area contributed by atoms with Crippen molar-refractivity contribution >= 4 is 0 Å². The maximum atomic E-state index is 13.5. The van der Waals surface area contributed by atoms with Gasteiger partial charge in [-0.3, -0.25) is 0 Å². The lowest BCUT2D eigenvalue weighted by Gasteiger charge is -2.45. The molecule has 17 heavy (non-hydrogen) atoms. The quantitative estimate of drug-likeness (QED) is 0.633. The van der Waals surface area contributed by atoms with E-state index in [0.29, 0.717) is 0 Å². The van der Waals surface area contributed by atoms with E-state index in [9.17, 15) is 35.1 Å². The molecule has 0 aliphatic heterocycles. The summed E-state index contributed by atoms with van der Waals surface area (Å²) >= 11 is 0. The van der Waals surface area contributed by atoms with E-state index in [4.69, 9.17) is 0 Å². The number of hydrogen-bond acceptors (Lipinski definition) is 0. The summed E-state index contributed by atoms with van der Waals surface area (Å²) in [5.41, 5.74) is -7.56. The molecule has 0 radical (unpaired) electrons. The van der Waals surface area contributed by atoms with Gasteiger partial charge in [-0.15, -0.1) is 0 Å². The summed E-state index contributed by atoms with van der Waals surface area (Å²) in [5, 5.41) is 0. The van der Waals surface area contributed by atoms with Crippen LogP contribution in [0.15, 0.2) is 0 Å². The van der Waals surface area contributed by atoms with Crippen LogP contribution in [0.4, 0.5) is 35.1 Å². The van der Waals surface area contributed by atoms with Gasteiger partial charge in [-0.1, -0.05) is 0 Å². The Balaban J connectivity index is 5.73. The van der Waals surface area contributed by atoms with Crippen LogP contribution in [0.5, 0.6) is 0 Å².